The molecule has 35 heavy (non-hydrogen) atoms. The van der Waals surface area contributed by atoms with Crippen LogP contribution in [0.2, 0.25) is 0 Å². The van der Waals surface area contributed by atoms with Crippen LogP contribution in [0.5, 0.6) is 5.75 Å². The number of rotatable bonds is 9. The normalized spacial score (nSPS) is 15.5. The zero-order valence-corrected chi connectivity index (χ0v) is 19.6. The summed E-state index contributed by atoms with van der Waals surface area (Å²) < 4.78 is 47.3. The van der Waals surface area contributed by atoms with Crippen LogP contribution in [0.3, 0.4) is 0 Å². The molecular weight excluding hydrogens is 455 g/mol. The molecule has 5 nitrogen and oxygen atoms in total. The van der Waals surface area contributed by atoms with Gasteiger partial charge in [0.2, 0.25) is 5.91 Å². The molecule has 0 aliphatic carbocycles. The molecule has 3 aromatic rings. The second kappa shape index (κ2) is 11.3. The first-order valence-electron chi connectivity index (χ1n) is 11.8. The monoisotopic (exact) mass is 483 g/mol. The maximum absolute atomic E-state index is 14.3. The fraction of sp³-hybridized carbons (Fsp3) is 0.333. The van der Waals surface area contributed by atoms with Crippen LogP contribution in [0.15, 0.2) is 54.7 Å². The van der Waals surface area contributed by atoms with Crippen LogP contribution in [0.25, 0.3) is 0 Å². The zero-order chi connectivity index (χ0) is 24.8. The standard InChI is InChI=1S/C27H28F3N3O2/c1-2-18-14-19-7-9-22(35-13-5-12-32-24-6-3-4-11-31-24)15-21(19)17-33(27(18)34)16-20-8-10-23(28)26(30)25(20)29/h3-4,6-11,15,18H,2,5,12-14,16-17H2,1H3,(H,31,32)/t18-/m1/s1. The Labute approximate surface area is 202 Å². The lowest BCUT2D eigenvalue weighted by molar-refractivity contribution is -0.136. The minimum absolute atomic E-state index is 0.0524. The van der Waals surface area contributed by atoms with E-state index in [1.165, 1.54) is 11.0 Å². The smallest absolute Gasteiger partial charge is 0.226 e. The molecule has 1 N–H and O–H groups in total. The van der Waals surface area contributed by atoms with Crippen LogP contribution in [-0.4, -0.2) is 28.9 Å². The fourth-order valence-corrected chi connectivity index (χ4v) is 4.23. The highest BCUT2D eigenvalue weighted by Gasteiger charge is 2.29. The van der Waals surface area contributed by atoms with Crippen LogP contribution >= 0.6 is 0 Å². The molecular formula is C27H28F3N3O2. The van der Waals surface area contributed by atoms with Gasteiger partial charge < -0.3 is 15.0 Å². The maximum atomic E-state index is 14.3. The van der Waals surface area contributed by atoms with Gasteiger partial charge in [-0.3, -0.25) is 4.79 Å². The van der Waals surface area contributed by atoms with Gasteiger partial charge in [0.1, 0.15) is 11.6 Å². The molecule has 0 spiro atoms. The molecule has 0 saturated heterocycles. The second-order valence-electron chi connectivity index (χ2n) is 8.61. The quantitative estimate of drug-likeness (QED) is 0.323. The van der Waals surface area contributed by atoms with E-state index in [-0.39, 0.29) is 30.5 Å². The van der Waals surface area contributed by atoms with Gasteiger partial charge in [-0.25, -0.2) is 18.2 Å². The molecule has 1 aromatic heterocycles. The average molecular weight is 484 g/mol. The summed E-state index contributed by atoms with van der Waals surface area (Å²) in [5, 5.41) is 3.23. The van der Waals surface area contributed by atoms with E-state index in [9.17, 15) is 18.0 Å². The number of hydrogen-bond acceptors (Lipinski definition) is 4. The third-order valence-electron chi connectivity index (χ3n) is 6.20. The highest BCUT2D eigenvalue weighted by atomic mass is 19.2. The van der Waals surface area contributed by atoms with Gasteiger partial charge in [-0.15, -0.1) is 0 Å². The maximum Gasteiger partial charge on any atom is 0.226 e. The van der Waals surface area contributed by atoms with Crippen LogP contribution < -0.4 is 10.1 Å². The number of halogens is 3. The molecule has 0 saturated carbocycles. The molecule has 4 rings (SSSR count). The Morgan fingerprint density at radius 3 is 2.71 bits per heavy atom. The molecule has 1 atom stereocenters. The van der Waals surface area contributed by atoms with E-state index in [0.29, 0.717) is 31.7 Å². The summed E-state index contributed by atoms with van der Waals surface area (Å²) in [6.45, 7) is 3.24. The summed E-state index contributed by atoms with van der Waals surface area (Å²) in [5.41, 5.74) is 1.88. The molecule has 184 valence electrons. The molecule has 0 radical (unpaired) electrons. The van der Waals surface area contributed by atoms with Crippen molar-refractivity contribution in [2.75, 3.05) is 18.5 Å². The van der Waals surface area contributed by atoms with Crippen LogP contribution in [0.4, 0.5) is 19.0 Å². The van der Waals surface area contributed by atoms with Gasteiger partial charge in [0.05, 0.1) is 6.61 Å². The minimum atomic E-state index is -1.52. The third kappa shape index (κ3) is 5.93. The Morgan fingerprint density at radius 2 is 1.94 bits per heavy atom. The molecule has 2 aromatic carbocycles. The van der Waals surface area contributed by atoms with Crippen molar-refractivity contribution in [2.24, 2.45) is 5.92 Å². The highest BCUT2D eigenvalue weighted by Crippen LogP contribution is 2.29. The van der Waals surface area contributed by atoms with E-state index in [2.05, 4.69) is 10.3 Å². The van der Waals surface area contributed by atoms with E-state index in [0.717, 1.165) is 29.4 Å². The Hall–Kier alpha value is -3.55. The predicted molar refractivity (Wildman–Crippen MR) is 127 cm³/mol. The number of carbonyl (C=O) groups is 1. The number of aromatic nitrogens is 1. The first-order valence-corrected chi connectivity index (χ1v) is 11.8. The van der Waals surface area contributed by atoms with Crippen molar-refractivity contribution in [3.63, 3.8) is 0 Å². The lowest BCUT2D eigenvalue weighted by Crippen LogP contribution is -2.34. The third-order valence-corrected chi connectivity index (χ3v) is 6.20. The molecule has 1 aliphatic heterocycles. The Morgan fingerprint density at radius 1 is 1.09 bits per heavy atom. The van der Waals surface area contributed by atoms with Gasteiger partial charge in [-0.2, -0.15) is 0 Å². The number of nitrogens with one attached hydrogen (secondary N) is 1. The first kappa shape index (κ1) is 24.6. The molecule has 8 heteroatoms. The lowest BCUT2D eigenvalue weighted by Gasteiger charge is -2.24. The van der Waals surface area contributed by atoms with E-state index in [4.69, 9.17) is 4.74 Å². The van der Waals surface area contributed by atoms with Gasteiger partial charge >= 0.3 is 0 Å². The number of nitrogens with zero attached hydrogens (tertiary/aromatic N) is 2. The van der Waals surface area contributed by atoms with Gasteiger partial charge in [0.15, 0.2) is 17.5 Å². The number of ether oxygens (including phenoxy) is 1. The number of fused-ring (bicyclic) bond motifs is 1. The summed E-state index contributed by atoms with van der Waals surface area (Å²) >= 11 is 0. The van der Waals surface area contributed by atoms with Crippen molar-refractivity contribution in [2.45, 2.75) is 39.3 Å². The van der Waals surface area contributed by atoms with Crippen LogP contribution in [0.1, 0.15) is 36.5 Å². The van der Waals surface area contributed by atoms with Crippen LogP contribution in [0, 0.1) is 23.4 Å². The molecule has 1 amide bonds. The van der Waals surface area contributed by atoms with E-state index >= 15 is 0 Å². The number of anilines is 1. The number of hydrogen-bond donors (Lipinski definition) is 1. The van der Waals surface area contributed by atoms with Gasteiger partial charge in [-0.1, -0.05) is 25.1 Å². The molecule has 0 fully saturated rings. The largest absolute Gasteiger partial charge is 0.494 e. The summed E-state index contributed by atoms with van der Waals surface area (Å²) in [6.07, 6.45) is 3.68. The summed E-state index contributed by atoms with van der Waals surface area (Å²) in [6, 6.07) is 13.5. The average Bonchev–Trinajstić information content (AvgIpc) is 3.00. The summed E-state index contributed by atoms with van der Waals surface area (Å²) in [5.74, 6) is -2.93. The SMILES string of the molecule is CC[C@@H]1Cc2ccc(OCCCNc3ccccn3)cc2CN(Cc2ccc(F)c(F)c2F)C1=O. The molecule has 1 aliphatic rings. The fourth-order valence-electron chi connectivity index (χ4n) is 4.23. The van der Waals surface area contributed by atoms with Gasteiger partial charge in [0.25, 0.3) is 0 Å². The van der Waals surface area contributed by atoms with Crippen molar-refractivity contribution in [1.29, 1.82) is 0 Å². The van der Waals surface area contributed by atoms with E-state index in [1.54, 1.807) is 6.20 Å². The first-order chi connectivity index (χ1) is 17.0. The molecule has 2 heterocycles. The van der Waals surface area contributed by atoms with E-state index < -0.39 is 17.5 Å². The van der Waals surface area contributed by atoms with Crippen molar-refractivity contribution < 1.29 is 22.7 Å². The van der Waals surface area contributed by atoms with Crippen molar-refractivity contribution in [3.05, 3.63) is 88.9 Å². The molecule has 0 unspecified atom stereocenters. The number of pyridine rings is 1. The lowest BCUT2D eigenvalue weighted by atomic mass is 9.95. The number of carbonyl (C=O) groups excluding carboxylic acids is 1. The van der Waals surface area contributed by atoms with Crippen molar-refractivity contribution in [3.8, 4) is 5.75 Å². The Balaban J connectivity index is 1.43. The summed E-state index contributed by atoms with van der Waals surface area (Å²) in [7, 11) is 0. The van der Waals surface area contributed by atoms with Crippen molar-refractivity contribution >= 4 is 11.7 Å². The predicted octanol–water partition coefficient (Wildman–Crippen LogP) is 5.49. The summed E-state index contributed by atoms with van der Waals surface area (Å²) in [4.78, 5) is 18.9. The minimum Gasteiger partial charge on any atom is -0.494 e. The van der Waals surface area contributed by atoms with Gasteiger partial charge in [0, 0.05) is 37.3 Å². The zero-order valence-electron chi connectivity index (χ0n) is 19.6. The topological polar surface area (TPSA) is 54.5 Å². The Bertz CT molecular complexity index is 1170. The van der Waals surface area contributed by atoms with Crippen LogP contribution in [-0.2, 0) is 24.3 Å². The van der Waals surface area contributed by atoms with Crippen molar-refractivity contribution in [1.82, 2.24) is 9.88 Å². The highest BCUT2D eigenvalue weighted by molar-refractivity contribution is 5.80. The Kier molecular flexibility index (Phi) is 7.90. The number of benzene rings is 2. The van der Waals surface area contributed by atoms with E-state index in [1.807, 2.05) is 43.3 Å². The second-order valence-corrected chi connectivity index (χ2v) is 8.61. The number of amides is 1. The van der Waals surface area contributed by atoms with Gasteiger partial charge in [-0.05, 0) is 60.7 Å². The molecule has 0 bridgehead atoms.